The number of carbonyl (C=O) groups is 1. The van der Waals surface area contributed by atoms with Crippen molar-refractivity contribution in [1.29, 1.82) is 0 Å². The first kappa shape index (κ1) is 17.0. The Morgan fingerprint density at radius 1 is 1.12 bits per heavy atom. The topological polar surface area (TPSA) is 39.3 Å². The SMILES string of the molecule is CCN(Cc1ccc(N(C)C)cc1)C(=O)c1cc2c(F)cccc2[nH]1. The zero-order valence-corrected chi connectivity index (χ0v) is 14.7. The second-order valence-electron chi connectivity index (χ2n) is 6.26. The Hall–Kier alpha value is -2.82. The molecule has 5 heteroatoms. The van der Waals surface area contributed by atoms with Crippen molar-refractivity contribution >= 4 is 22.5 Å². The molecule has 2 aromatic carbocycles. The average molecular weight is 339 g/mol. The molecule has 4 nitrogen and oxygen atoms in total. The number of amides is 1. The lowest BCUT2D eigenvalue weighted by Gasteiger charge is -2.21. The summed E-state index contributed by atoms with van der Waals surface area (Å²) in [5, 5.41) is 0.442. The van der Waals surface area contributed by atoms with Crippen molar-refractivity contribution in [2.45, 2.75) is 13.5 Å². The number of halogens is 1. The molecule has 0 bridgehead atoms. The van der Waals surface area contributed by atoms with Gasteiger partial charge in [0.1, 0.15) is 11.5 Å². The lowest BCUT2D eigenvalue weighted by atomic mass is 10.1. The number of carbonyl (C=O) groups excluding carboxylic acids is 1. The number of aromatic nitrogens is 1. The van der Waals surface area contributed by atoms with E-state index in [1.54, 1.807) is 23.1 Å². The molecule has 1 amide bonds. The van der Waals surface area contributed by atoms with Gasteiger partial charge in [-0.3, -0.25) is 4.79 Å². The van der Waals surface area contributed by atoms with Crippen molar-refractivity contribution in [3.63, 3.8) is 0 Å². The van der Waals surface area contributed by atoms with Crippen LogP contribution in [0.4, 0.5) is 10.1 Å². The summed E-state index contributed by atoms with van der Waals surface area (Å²) in [4.78, 5) is 19.6. The molecule has 0 radical (unpaired) electrons. The van der Waals surface area contributed by atoms with E-state index in [4.69, 9.17) is 0 Å². The monoisotopic (exact) mass is 339 g/mol. The number of hydrogen-bond acceptors (Lipinski definition) is 2. The smallest absolute Gasteiger partial charge is 0.270 e. The summed E-state index contributed by atoms with van der Waals surface area (Å²) >= 11 is 0. The van der Waals surface area contributed by atoms with E-state index in [9.17, 15) is 9.18 Å². The van der Waals surface area contributed by atoms with E-state index in [0.717, 1.165) is 11.3 Å². The van der Waals surface area contributed by atoms with Crippen LogP contribution in [-0.2, 0) is 6.54 Å². The number of hydrogen-bond donors (Lipinski definition) is 1. The van der Waals surface area contributed by atoms with E-state index in [1.807, 2.05) is 50.2 Å². The Bertz CT molecular complexity index is 884. The van der Waals surface area contributed by atoms with Gasteiger partial charge in [-0.05, 0) is 42.8 Å². The summed E-state index contributed by atoms with van der Waals surface area (Å²) in [5.41, 5.74) is 3.22. The summed E-state index contributed by atoms with van der Waals surface area (Å²) < 4.78 is 13.8. The van der Waals surface area contributed by atoms with Crippen molar-refractivity contribution in [3.8, 4) is 0 Å². The lowest BCUT2D eigenvalue weighted by Crippen LogP contribution is -2.30. The van der Waals surface area contributed by atoms with Crippen LogP contribution in [0, 0.1) is 5.82 Å². The zero-order valence-electron chi connectivity index (χ0n) is 14.7. The van der Waals surface area contributed by atoms with Gasteiger partial charge in [0.25, 0.3) is 5.91 Å². The van der Waals surface area contributed by atoms with Crippen LogP contribution < -0.4 is 4.90 Å². The summed E-state index contributed by atoms with van der Waals surface area (Å²) in [6.07, 6.45) is 0. The van der Waals surface area contributed by atoms with E-state index in [1.165, 1.54) is 6.07 Å². The first-order valence-corrected chi connectivity index (χ1v) is 8.32. The average Bonchev–Trinajstić information content (AvgIpc) is 3.05. The molecule has 0 saturated heterocycles. The molecule has 1 aromatic heterocycles. The number of fused-ring (bicyclic) bond motifs is 1. The van der Waals surface area contributed by atoms with Gasteiger partial charge in [0, 0.05) is 43.8 Å². The molecule has 0 aliphatic heterocycles. The number of rotatable bonds is 5. The van der Waals surface area contributed by atoms with Crippen LogP contribution in [0.2, 0.25) is 0 Å². The highest BCUT2D eigenvalue weighted by Gasteiger charge is 2.18. The van der Waals surface area contributed by atoms with E-state index in [-0.39, 0.29) is 11.7 Å². The first-order chi connectivity index (χ1) is 12.0. The van der Waals surface area contributed by atoms with Gasteiger partial charge in [0.2, 0.25) is 0 Å². The van der Waals surface area contributed by atoms with Crippen molar-refractivity contribution in [2.75, 3.05) is 25.5 Å². The highest BCUT2D eigenvalue weighted by Crippen LogP contribution is 2.20. The minimum Gasteiger partial charge on any atom is -0.378 e. The highest BCUT2D eigenvalue weighted by molar-refractivity contribution is 5.98. The Morgan fingerprint density at radius 3 is 2.44 bits per heavy atom. The molecule has 0 atom stereocenters. The number of aromatic amines is 1. The molecule has 0 saturated carbocycles. The van der Waals surface area contributed by atoms with Crippen LogP contribution in [0.1, 0.15) is 23.0 Å². The van der Waals surface area contributed by atoms with E-state index in [2.05, 4.69) is 4.98 Å². The number of H-pyrrole nitrogens is 1. The third-order valence-corrected chi connectivity index (χ3v) is 4.34. The fourth-order valence-electron chi connectivity index (χ4n) is 2.85. The molecule has 1 heterocycles. The fraction of sp³-hybridized carbons (Fsp3) is 0.250. The van der Waals surface area contributed by atoms with Gasteiger partial charge in [0.15, 0.2) is 0 Å². The van der Waals surface area contributed by atoms with Crippen molar-refractivity contribution in [2.24, 2.45) is 0 Å². The fourth-order valence-corrected chi connectivity index (χ4v) is 2.85. The number of nitrogens with zero attached hydrogens (tertiary/aromatic N) is 2. The number of nitrogens with one attached hydrogen (secondary N) is 1. The molecule has 0 aliphatic carbocycles. The van der Waals surface area contributed by atoms with Crippen molar-refractivity contribution in [3.05, 3.63) is 65.6 Å². The minimum absolute atomic E-state index is 0.130. The van der Waals surface area contributed by atoms with Crippen molar-refractivity contribution < 1.29 is 9.18 Å². The summed E-state index contributed by atoms with van der Waals surface area (Å²) in [6, 6.07) is 14.5. The number of benzene rings is 2. The van der Waals surface area contributed by atoms with Gasteiger partial charge in [-0.1, -0.05) is 18.2 Å². The van der Waals surface area contributed by atoms with Crippen LogP contribution in [0.25, 0.3) is 10.9 Å². The lowest BCUT2D eigenvalue weighted by molar-refractivity contribution is 0.0747. The molecule has 3 rings (SSSR count). The predicted octanol–water partition coefficient (Wildman–Crippen LogP) is 4.04. The van der Waals surface area contributed by atoms with Gasteiger partial charge in [0.05, 0.1) is 0 Å². The summed E-state index contributed by atoms with van der Waals surface area (Å²) in [5.74, 6) is -0.454. The summed E-state index contributed by atoms with van der Waals surface area (Å²) in [7, 11) is 3.98. The molecule has 0 spiro atoms. The van der Waals surface area contributed by atoms with Gasteiger partial charge >= 0.3 is 0 Å². The third-order valence-electron chi connectivity index (χ3n) is 4.34. The second kappa shape index (κ2) is 6.97. The standard InChI is InChI=1S/C20H22FN3O/c1-4-24(13-14-8-10-15(11-9-14)23(2)3)20(25)19-12-16-17(21)6-5-7-18(16)22-19/h5-12,22H,4,13H2,1-3H3. The van der Waals surface area contributed by atoms with Crippen LogP contribution in [0.5, 0.6) is 0 Å². The molecule has 0 aliphatic rings. The van der Waals surface area contributed by atoms with E-state index >= 15 is 0 Å². The van der Waals surface area contributed by atoms with Gasteiger partial charge in [-0.2, -0.15) is 0 Å². The third kappa shape index (κ3) is 3.50. The normalized spacial score (nSPS) is 10.9. The molecule has 0 unspecified atom stereocenters. The largest absolute Gasteiger partial charge is 0.378 e. The van der Waals surface area contributed by atoms with Crippen molar-refractivity contribution in [1.82, 2.24) is 9.88 Å². The highest BCUT2D eigenvalue weighted by atomic mass is 19.1. The maximum absolute atomic E-state index is 13.8. The predicted molar refractivity (Wildman–Crippen MR) is 99.4 cm³/mol. The van der Waals surface area contributed by atoms with E-state index < -0.39 is 0 Å². The zero-order chi connectivity index (χ0) is 18.0. The molecule has 25 heavy (non-hydrogen) atoms. The quantitative estimate of drug-likeness (QED) is 0.762. The minimum atomic E-state index is -0.324. The molecule has 3 aromatic rings. The molecule has 130 valence electrons. The Balaban J connectivity index is 1.81. The van der Waals surface area contributed by atoms with Crippen LogP contribution in [0.15, 0.2) is 48.5 Å². The number of anilines is 1. The maximum atomic E-state index is 13.8. The second-order valence-corrected chi connectivity index (χ2v) is 6.26. The molecule has 1 N–H and O–H groups in total. The summed E-state index contributed by atoms with van der Waals surface area (Å²) in [6.45, 7) is 3.03. The van der Waals surface area contributed by atoms with Crippen LogP contribution >= 0.6 is 0 Å². The van der Waals surface area contributed by atoms with Crippen LogP contribution in [0.3, 0.4) is 0 Å². The Kier molecular flexibility index (Phi) is 4.74. The molecular formula is C20H22FN3O. The molecular weight excluding hydrogens is 317 g/mol. The maximum Gasteiger partial charge on any atom is 0.270 e. The van der Waals surface area contributed by atoms with Gasteiger partial charge in [-0.15, -0.1) is 0 Å². The van der Waals surface area contributed by atoms with E-state index in [0.29, 0.717) is 29.7 Å². The van der Waals surface area contributed by atoms with Gasteiger partial charge < -0.3 is 14.8 Å². The molecule has 0 fully saturated rings. The first-order valence-electron chi connectivity index (χ1n) is 8.32. The Labute approximate surface area is 146 Å². The van der Waals surface area contributed by atoms with Crippen LogP contribution in [-0.4, -0.2) is 36.4 Å². The van der Waals surface area contributed by atoms with Gasteiger partial charge in [-0.25, -0.2) is 4.39 Å². The Morgan fingerprint density at radius 2 is 1.84 bits per heavy atom.